The van der Waals surface area contributed by atoms with E-state index in [4.69, 9.17) is 126 Å². The number of anilines is 2. The van der Waals surface area contributed by atoms with Crippen LogP contribution in [0.3, 0.4) is 0 Å². The lowest BCUT2D eigenvalue weighted by Gasteiger charge is -2.47. The van der Waals surface area contributed by atoms with Crippen LogP contribution in [-0.4, -0.2) is 345 Å². The fourth-order valence-electron chi connectivity index (χ4n) is 12.9. The molecule has 6 aliphatic heterocycles. The first-order valence-corrected chi connectivity index (χ1v) is 31.6. The maximum atomic E-state index is 13.7. The average Bonchev–Trinajstić information content (AvgIpc) is 1.16. The highest BCUT2D eigenvalue weighted by molar-refractivity contribution is 5.92. The summed E-state index contributed by atoms with van der Waals surface area (Å²) in [6.07, 6.45) is -45.1. The number of rotatable bonds is 22. The Morgan fingerprint density at radius 2 is 0.625 bits per heavy atom. The summed E-state index contributed by atoms with van der Waals surface area (Å²) in [5.74, 6) is 0. The number of urea groups is 2. The van der Waals surface area contributed by atoms with Gasteiger partial charge in [-0.05, 0) is 31.0 Å². The molecule has 6 heterocycles. The summed E-state index contributed by atoms with van der Waals surface area (Å²) in [4.78, 5) is 27.4. The van der Waals surface area contributed by atoms with Gasteiger partial charge in [0.1, 0.15) is 134 Å². The van der Waals surface area contributed by atoms with Gasteiger partial charge in [-0.15, -0.1) is 0 Å². The van der Waals surface area contributed by atoms with Crippen molar-refractivity contribution < 1.29 is 128 Å². The molecule has 96 heavy (non-hydrogen) atoms. The van der Waals surface area contributed by atoms with Crippen molar-refractivity contribution in [3.8, 4) is 0 Å². The third-order valence-corrected chi connectivity index (χ3v) is 18.7. The third-order valence-electron chi connectivity index (χ3n) is 18.7. The van der Waals surface area contributed by atoms with E-state index in [0.717, 1.165) is 0 Å². The zero-order chi connectivity index (χ0) is 70.0. The zero-order valence-electron chi connectivity index (χ0n) is 51.9. The lowest BCUT2D eigenvalue weighted by atomic mass is 9.84. The minimum atomic E-state index is -1.83. The predicted octanol–water partition coefficient (Wildman–Crippen LogP) is -15.8. The van der Waals surface area contributed by atoms with Crippen LogP contribution >= 0.6 is 0 Å². The van der Waals surface area contributed by atoms with E-state index in [-0.39, 0.29) is 50.4 Å². The number of aliphatic hydroxyl groups excluding tert-OH is 12. The zero-order valence-corrected chi connectivity index (χ0v) is 51.9. The van der Waals surface area contributed by atoms with Crippen molar-refractivity contribution in [1.82, 2.24) is 10.6 Å². The molecule has 1 aromatic carbocycles. The van der Waals surface area contributed by atoms with E-state index < -0.39 is 258 Å². The largest absolute Gasteiger partial charge is 0.389 e. The standard InChI is InChI=1S/C54H98N16O26/c55-7-19-31(73)35(77)25(63)47(85-19)91-41-17(61)5-15(59)29(71)45(41)95-51-39(81)43(93-49-27(65)37(79)33(75)21(9-57)87-49)23(89-51)11-67-53(83)69-13-2-1-3-14(4-13)70-54(84)68-12-24-44(94-50-28(66)38(80)34(76)22(10-58)88-50)40(82)52(90-24)96-46-30(72)16(60)6-18(62)42(46)92-48-26(64)36(78)32(74)20(8-56)86-48/h1-4,15-52,71-82H,5-12,55-66H2,(H2,67,69,83)(H2,68,70,84)/t15-,16-,17?,18?,19?,20?,21-,22+,23-,24-,25?,26?,27?,28?,29+,30?,31?,32?,33?,34?,35-,36-,37?,38?,39?,40+,41?,42?,43?,44?,45?,46-,47+,48+,49+,50-,51+,52+/m1/s1. The summed E-state index contributed by atoms with van der Waals surface area (Å²) >= 11 is 0. The van der Waals surface area contributed by atoms with Gasteiger partial charge in [0.15, 0.2) is 37.7 Å². The summed E-state index contributed by atoms with van der Waals surface area (Å²) < 4.78 is 72.5. The number of benzene rings is 1. The van der Waals surface area contributed by atoms with Crippen LogP contribution in [0.25, 0.3) is 0 Å². The van der Waals surface area contributed by atoms with Crippen molar-refractivity contribution in [2.24, 2.45) is 68.8 Å². The van der Waals surface area contributed by atoms with Crippen LogP contribution in [0.1, 0.15) is 12.8 Å². The molecule has 0 radical (unpaired) electrons. The van der Waals surface area contributed by atoms with E-state index in [9.17, 15) is 70.9 Å². The molecule has 0 aromatic heterocycles. The first kappa shape index (κ1) is 76.5. The Labute approximate surface area is 548 Å². The second-order valence-corrected chi connectivity index (χ2v) is 25.4. The Balaban J connectivity index is 0.863. The first-order valence-electron chi connectivity index (χ1n) is 31.6. The highest BCUT2D eigenvalue weighted by Crippen LogP contribution is 2.38. The number of hydrogen-bond acceptors (Lipinski definition) is 38. The van der Waals surface area contributed by atoms with Crippen molar-refractivity contribution in [3.05, 3.63) is 24.3 Å². The van der Waals surface area contributed by atoms with Gasteiger partial charge >= 0.3 is 12.1 Å². The molecule has 8 fully saturated rings. The average molecular weight is 1390 g/mol. The smallest absolute Gasteiger partial charge is 0.319 e. The number of nitrogens with two attached hydrogens (primary N) is 12. The minimum Gasteiger partial charge on any atom is -0.389 e. The monoisotopic (exact) mass is 1390 g/mol. The molecular weight excluding hydrogens is 1290 g/mol. The van der Waals surface area contributed by atoms with Crippen LogP contribution in [0.2, 0.25) is 0 Å². The van der Waals surface area contributed by atoms with Crippen LogP contribution in [0.15, 0.2) is 24.3 Å². The number of carbonyl (C=O) groups excluding carboxylic acids is 2. The summed E-state index contributed by atoms with van der Waals surface area (Å²) in [5.41, 5.74) is 73.8. The van der Waals surface area contributed by atoms with Gasteiger partial charge in [0.2, 0.25) is 0 Å². The van der Waals surface area contributed by atoms with E-state index in [1.807, 2.05) is 0 Å². The molecule has 42 nitrogen and oxygen atoms in total. The van der Waals surface area contributed by atoms with Gasteiger partial charge in [0, 0.05) is 74.8 Å². The molecule has 550 valence electrons. The predicted molar refractivity (Wildman–Crippen MR) is 323 cm³/mol. The number of aliphatic hydroxyl groups is 12. The molecule has 38 atom stereocenters. The molecule has 1 aromatic rings. The Morgan fingerprint density at radius 1 is 0.354 bits per heavy atom. The van der Waals surface area contributed by atoms with Crippen molar-refractivity contribution in [2.75, 3.05) is 49.9 Å². The fraction of sp³-hybridized carbons (Fsp3) is 0.852. The maximum absolute atomic E-state index is 13.7. The van der Waals surface area contributed by atoms with Gasteiger partial charge in [-0.3, -0.25) is 0 Å². The van der Waals surface area contributed by atoms with Gasteiger partial charge in [-0.2, -0.15) is 0 Å². The van der Waals surface area contributed by atoms with E-state index in [2.05, 4.69) is 21.3 Å². The second-order valence-electron chi connectivity index (χ2n) is 25.4. The Bertz CT molecular complexity index is 2490. The summed E-state index contributed by atoms with van der Waals surface area (Å²) in [5, 5.41) is 142. The molecule has 9 rings (SSSR count). The third kappa shape index (κ3) is 16.6. The second kappa shape index (κ2) is 33.0. The van der Waals surface area contributed by atoms with Crippen molar-refractivity contribution in [1.29, 1.82) is 0 Å². The highest BCUT2D eigenvalue weighted by Gasteiger charge is 2.58. The molecule has 2 aliphatic carbocycles. The molecule has 2 saturated carbocycles. The molecule has 4 amide bonds. The maximum Gasteiger partial charge on any atom is 0.319 e. The summed E-state index contributed by atoms with van der Waals surface area (Å²) in [6.45, 7) is -2.07. The van der Waals surface area contributed by atoms with Crippen LogP contribution in [-0.2, 0) is 56.8 Å². The first-order chi connectivity index (χ1) is 45.5. The molecule has 6 saturated heterocycles. The summed E-state index contributed by atoms with van der Waals surface area (Å²) in [6, 6.07) is -5.69. The number of hydrogen-bond donors (Lipinski definition) is 28. The Morgan fingerprint density at radius 3 is 0.917 bits per heavy atom. The van der Waals surface area contributed by atoms with Crippen LogP contribution in [0, 0.1) is 0 Å². The number of amides is 4. The van der Waals surface area contributed by atoms with Gasteiger partial charge in [0.05, 0.1) is 36.4 Å². The molecule has 8 aliphatic rings. The molecular formula is C54H98N16O26. The van der Waals surface area contributed by atoms with E-state index in [1.54, 1.807) is 0 Å². The van der Waals surface area contributed by atoms with E-state index in [0.29, 0.717) is 0 Å². The molecule has 21 unspecified atom stereocenters. The van der Waals surface area contributed by atoms with Crippen LogP contribution < -0.4 is 90.1 Å². The molecule has 40 N–H and O–H groups in total. The quantitative estimate of drug-likeness (QED) is 0.0513. The molecule has 42 heteroatoms. The molecule has 0 bridgehead atoms. The SMILES string of the molecule is NCC1O[C@@H](OC2C(N)C[C@@H](N)[C@H](O)C2O[C@@H]2O[C@H](CNC(=O)Nc3cccc(NC(=O)NC[C@H]4O[C@@H](O[C@H]5C(O[C@@H]6OC(CN)C(O)[C@H](O)C6N)C(N)C[C@@H](N)C5O)[C@@H](O)C4O[C@H]4O[C@@H](CN)C(O)C(O)C4N)c3)C(O[C@@H]3O[C@H](CN)C(O)C(O)C3N)C2O)C(N)[C@@H](O)C1O. The van der Waals surface area contributed by atoms with Crippen molar-refractivity contribution >= 4 is 23.4 Å². The van der Waals surface area contributed by atoms with E-state index >= 15 is 0 Å². The highest BCUT2D eigenvalue weighted by atomic mass is 16.8. The van der Waals surface area contributed by atoms with Crippen LogP contribution in [0.4, 0.5) is 21.0 Å². The normalized spacial score (nSPS) is 48.5. The Hall–Kier alpha value is -3.68. The van der Waals surface area contributed by atoms with Crippen molar-refractivity contribution in [2.45, 2.75) is 245 Å². The Kier molecular flexibility index (Phi) is 26.3. The minimum absolute atomic E-state index is 0.0319. The number of nitrogens with one attached hydrogen (secondary N) is 4. The lowest BCUT2D eigenvalue weighted by molar-refractivity contribution is -0.306. The topological polar surface area (TPSA) is 748 Å². The number of carbonyl (C=O) groups is 2. The van der Waals surface area contributed by atoms with Gasteiger partial charge in [-0.1, -0.05) is 6.07 Å². The van der Waals surface area contributed by atoms with Crippen molar-refractivity contribution in [3.63, 3.8) is 0 Å². The lowest BCUT2D eigenvalue weighted by Crippen LogP contribution is -2.68. The van der Waals surface area contributed by atoms with Gasteiger partial charge in [0.25, 0.3) is 0 Å². The van der Waals surface area contributed by atoms with Gasteiger partial charge < -0.3 is 208 Å². The van der Waals surface area contributed by atoms with Crippen LogP contribution in [0.5, 0.6) is 0 Å². The number of ether oxygens (including phenoxy) is 12. The summed E-state index contributed by atoms with van der Waals surface area (Å²) in [7, 11) is 0. The van der Waals surface area contributed by atoms with Gasteiger partial charge in [-0.25, -0.2) is 9.59 Å². The molecule has 0 spiro atoms. The van der Waals surface area contributed by atoms with E-state index in [1.165, 1.54) is 24.3 Å². The fourth-order valence-corrected chi connectivity index (χ4v) is 12.9.